The standard InChI is InChI=1S/C25H31N3O5S/c1-19-3-7-24(8-4-19)34(30,31)16-15-28-14-11-26-25(28)21-9-12-27(13-10-21)17-22-5-6-23(33-22)18-32-20(2)29/h3-8,11,14,21H,9-10,12-13,15-18H2,1-2H3. The van der Waals surface area contributed by atoms with E-state index in [9.17, 15) is 13.2 Å². The van der Waals surface area contributed by atoms with Crippen LogP contribution in [-0.2, 0) is 39.1 Å². The topological polar surface area (TPSA) is 94.6 Å². The van der Waals surface area contributed by atoms with E-state index in [4.69, 9.17) is 9.15 Å². The molecule has 1 aliphatic heterocycles. The van der Waals surface area contributed by atoms with Gasteiger partial charge >= 0.3 is 5.97 Å². The van der Waals surface area contributed by atoms with E-state index in [1.807, 2.05) is 42.0 Å². The van der Waals surface area contributed by atoms with Gasteiger partial charge in [-0.05, 0) is 57.1 Å². The summed E-state index contributed by atoms with van der Waals surface area (Å²) in [5, 5.41) is 0. The first kappa shape index (κ1) is 24.2. The van der Waals surface area contributed by atoms with Gasteiger partial charge in [-0.2, -0.15) is 0 Å². The maximum absolute atomic E-state index is 12.7. The number of benzene rings is 1. The van der Waals surface area contributed by atoms with Crippen LogP contribution in [0.15, 0.2) is 58.1 Å². The van der Waals surface area contributed by atoms with Gasteiger partial charge in [0.25, 0.3) is 0 Å². The summed E-state index contributed by atoms with van der Waals surface area (Å²) in [7, 11) is -3.35. The predicted molar refractivity (Wildman–Crippen MR) is 127 cm³/mol. The van der Waals surface area contributed by atoms with Crippen molar-refractivity contribution >= 4 is 15.8 Å². The van der Waals surface area contributed by atoms with Crippen molar-refractivity contribution in [2.24, 2.45) is 0 Å². The largest absolute Gasteiger partial charge is 0.461 e. The lowest BCUT2D eigenvalue weighted by molar-refractivity contribution is -0.142. The molecule has 0 unspecified atom stereocenters. The minimum absolute atomic E-state index is 0.0481. The molecule has 0 spiro atoms. The number of imidazole rings is 1. The number of hydrogen-bond acceptors (Lipinski definition) is 7. The molecule has 0 atom stereocenters. The number of likely N-dealkylation sites (tertiary alicyclic amines) is 1. The first-order valence-electron chi connectivity index (χ1n) is 11.5. The van der Waals surface area contributed by atoms with E-state index < -0.39 is 9.84 Å². The van der Waals surface area contributed by atoms with E-state index in [1.165, 1.54) is 6.92 Å². The minimum atomic E-state index is -3.35. The predicted octanol–water partition coefficient (Wildman–Crippen LogP) is 3.70. The van der Waals surface area contributed by atoms with Crippen LogP contribution in [0.2, 0.25) is 0 Å². The lowest BCUT2D eigenvalue weighted by Crippen LogP contribution is -2.33. The summed E-state index contributed by atoms with van der Waals surface area (Å²) in [5.41, 5.74) is 1.04. The highest BCUT2D eigenvalue weighted by molar-refractivity contribution is 7.91. The van der Waals surface area contributed by atoms with Crippen molar-refractivity contribution in [2.75, 3.05) is 18.8 Å². The Hall–Kier alpha value is -2.91. The van der Waals surface area contributed by atoms with Gasteiger partial charge in [-0.1, -0.05) is 17.7 Å². The molecule has 182 valence electrons. The third-order valence-electron chi connectivity index (χ3n) is 6.20. The number of carbonyl (C=O) groups is 1. The molecule has 0 bridgehead atoms. The Balaban J connectivity index is 1.30. The van der Waals surface area contributed by atoms with E-state index in [0.717, 1.165) is 43.1 Å². The van der Waals surface area contributed by atoms with Crippen molar-refractivity contribution in [2.45, 2.75) is 57.2 Å². The number of rotatable bonds is 9. The Bertz CT molecular complexity index is 1210. The fourth-order valence-electron chi connectivity index (χ4n) is 4.28. The number of furan rings is 1. The molecule has 1 saturated heterocycles. The molecule has 2 aromatic heterocycles. The number of aryl methyl sites for hydroxylation is 2. The van der Waals surface area contributed by atoms with Gasteiger partial charge in [0.2, 0.25) is 0 Å². The average Bonchev–Trinajstić information content (AvgIpc) is 3.47. The SMILES string of the molecule is CC(=O)OCc1ccc(CN2CCC(c3nccn3CCS(=O)(=O)c3ccc(C)cc3)CC2)o1. The Labute approximate surface area is 200 Å². The second kappa shape index (κ2) is 10.6. The number of piperidine rings is 1. The van der Waals surface area contributed by atoms with Crippen LogP contribution in [0.25, 0.3) is 0 Å². The van der Waals surface area contributed by atoms with Crippen LogP contribution in [0.5, 0.6) is 0 Å². The summed E-state index contributed by atoms with van der Waals surface area (Å²) >= 11 is 0. The second-order valence-corrected chi connectivity index (χ2v) is 10.9. The zero-order valence-electron chi connectivity index (χ0n) is 19.6. The molecular weight excluding hydrogens is 454 g/mol. The van der Waals surface area contributed by atoms with E-state index in [0.29, 0.717) is 29.7 Å². The van der Waals surface area contributed by atoms with E-state index in [1.54, 1.807) is 18.3 Å². The molecule has 9 heteroatoms. The summed E-state index contributed by atoms with van der Waals surface area (Å²) < 4.78 is 38.2. The molecule has 1 aliphatic rings. The van der Waals surface area contributed by atoms with Crippen LogP contribution in [0, 0.1) is 6.92 Å². The summed E-state index contributed by atoms with van der Waals surface area (Å²) in [6.07, 6.45) is 5.53. The third-order valence-corrected chi connectivity index (χ3v) is 7.91. The quantitative estimate of drug-likeness (QED) is 0.427. The molecule has 0 radical (unpaired) electrons. The molecule has 8 nitrogen and oxygen atoms in total. The number of hydrogen-bond donors (Lipinski definition) is 0. The fourth-order valence-corrected chi connectivity index (χ4v) is 5.50. The molecular formula is C25H31N3O5S. The van der Waals surface area contributed by atoms with Crippen LogP contribution >= 0.6 is 0 Å². The second-order valence-electron chi connectivity index (χ2n) is 8.81. The first-order chi connectivity index (χ1) is 16.3. The van der Waals surface area contributed by atoms with E-state index in [2.05, 4.69) is 9.88 Å². The minimum Gasteiger partial charge on any atom is -0.461 e. The van der Waals surface area contributed by atoms with Crippen molar-refractivity contribution in [3.63, 3.8) is 0 Å². The zero-order valence-corrected chi connectivity index (χ0v) is 20.5. The van der Waals surface area contributed by atoms with Gasteiger partial charge in [0.05, 0.1) is 17.2 Å². The lowest BCUT2D eigenvalue weighted by Gasteiger charge is -2.31. The highest BCUT2D eigenvalue weighted by Crippen LogP contribution is 2.28. The molecule has 34 heavy (non-hydrogen) atoms. The maximum Gasteiger partial charge on any atom is 0.303 e. The van der Waals surface area contributed by atoms with Crippen molar-refractivity contribution in [3.05, 3.63) is 71.7 Å². The van der Waals surface area contributed by atoms with E-state index >= 15 is 0 Å². The van der Waals surface area contributed by atoms with Crippen molar-refractivity contribution in [1.82, 2.24) is 14.5 Å². The van der Waals surface area contributed by atoms with Crippen molar-refractivity contribution in [3.8, 4) is 0 Å². The van der Waals surface area contributed by atoms with Crippen LogP contribution in [0.1, 0.15) is 48.6 Å². The van der Waals surface area contributed by atoms with Gasteiger partial charge in [0.1, 0.15) is 24.0 Å². The first-order valence-corrected chi connectivity index (χ1v) is 13.2. The Kier molecular flexibility index (Phi) is 7.53. The Morgan fingerprint density at radius 3 is 2.53 bits per heavy atom. The zero-order chi connectivity index (χ0) is 24.1. The fraction of sp³-hybridized carbons (Fsp3) is 0.440. The van der Waals surface area contributed by atoms with Crippen LogP contribution < -0.4 is 0 Å². The number of ether oxygens (including phenoxy) is 1. The molecule has 3 aromatic rings. The number of sulfone groups is 1. The summed E-state index contributed by atoms with van der Waals surface area (Å²) in [5.74, 6) is 2.47. The van der Waals surface area contributed by atoms with Gasteiger partial charge in [-0.15, -0.1) is 0 Å². The van der Waals surface area contributed by atoms with Gasteiger partial charge < -0.3 is 13.7 Å². The van der Waals surface area contributed by atoms with Gasteiger partial charge in [-0.25, -0.2) is 13.4 Å². The normalized spacial score (nSPS) is 15.5. The van der Waals surface area contributed by atoms with Gasteiger partial charge in [0, 0.05) is 31.8 Å². The summed E-state index contributed by atoms with van der Waals surface area (Å²) in [4.78, 5) is 18.2. The Morgan fingerprint density at radius 1 is 1.12 bits per heavy atom. The van der Waals surface area contributed by atoms with Crippen LogP contribution in [0.3, 0.4) is 0 Å². The van der Waals surface area contributed by atoms with Crippen LogP contribution in [0.4, 0.5) is 0 Å². The van der Waals surface area contributed by atoms with Crippen LogP contribution in [-0.4, -0.2) is 47.7 Å². The highest BCUT2D eigenvalue weighted by Gasteiger charge is 2.25. The van der Waals surface area contributed by atoms with Crippen molar-refractivity contribution in [1.29, 1.82) is 0 Å². The third kappa shape index (κ3) is 6.15. The van der Waals surface area contributed by atoms with Gasteiger partial charge in [-0.3, -0.25) is 9.69 Å². The monoisotopic (exact) mass is 485 g/mol. The highest BCUT2D eigenvalue weighted by atomic mass is 32.2. The molecule has 0 saturated carbocycles. The Morgan fingerprint density at radius 2 is 1.82 bits per heavy atom. The summed E-state index contributed by atoms with van der Waals surface area (Å²) in [6, 6.07) is 10.8. The molecule has 0 aliphatic carbocycles. The van der Waals surface area contributed by atoms with Gasteiger partial charge in [0.15, 0.2) is 9.84 Å². The summed E-state index contributed by atoms with van der Waals surface area (Å²) in [6.45, 7) is 6.37. The number of aromatic nitrogens is 2. The van der Waals surface area contributed by atoms with Crippen molar-refractivity contribution < 1.29 is 22.4 Å². The maximum atomic E-state index is 12.7. The number of carbonyl (C=O) groups excluding carboxylic acids is 1. The molecule has 0 N–H and O–H groups in total. The lowest BCUT2D eigenvalue weighted by atomic mass is 9.96. The molecule has 0 amide bonds. The number of esters is 1. The number of nitrogens with zero attached hydrogens (tertiary/aromatic N) is 3. The molecule has 1 fully saturated rings. The molecule has 1 aromatic carbocycles. The molecule has 3 heterocycles. The molecule has 4 rings (SSSR count). The van der Waals surface area contributed by atoms with E-state index in [-0.39, 0.29) is 18.3 Å². The smallest absolute Gasteiger partial charge is 0.303 e. The average molecular weight is 486 g/mol.